The number of fused-ring (bicyclic) bond motifs is 2. The first-order valence-electron chi connectivity index (χ1n) is 8.67. The number of aldehydes is 1. The Labute approximate surface area is 160 Å². The molecule has 28 heavy (non-hydrogen) atoms. The van der Waals surface area contributed by atoms with Gasteiger partial charge in [-0.2, -0.15) is 0 Å². The zero-order chi connectivity index (χ0) is 19.8. The van der Waals surface area contributed by atoms with Crippen LogP contribution >= 0.6 is 0 Å². The van der Waals surface area contributed by atoms with Crippen molar-refractivity contribution in [2.24, 2.45) is 0 Å². The van der Waals surface area contributed by atoms with Gasteiger partial charge in [0, 0.05) is 17.5 Å². The highest BCUT2D eigenvalue weighted by Crippen LogP contribution is 2.38. The van der Waals surface area contributed by atoms with E-state index >= 15 is 0 Å². The van der Waals surface area contributed by atoms with E-state index in [0.29, 0.717) is 28.2 Å². The Hall–Kier alpha value is -3.86. The van der Waals surface area contributed by atoms with Gasteiger partial charge in [0.1, 0.15) is 17.1 Å². The van der Waals surface area contributed by atoms with E-state index in [0.717, 1.165) is 10.8 Å². The van der Waals surface area contributed by atoms with Gasteiger partial charge >= 0.3 is 5.97 Å². The Balaban J connectivity index is 2.04. The van der Waals surface area contributed by atoms with Crippen LogP contribution in [-0.2, 0) is 6.42 Å². The molecule has 0 unspecified atom stereocenters. The average Bonchev–Trinajstić information content (AvgIpc) is 2.70. The molecular formula is C23H16O5. The van der Waals surface area contributed by atoms with E-state index in [1.54, 1.807) is 30.3 Å². The molecule has 0 saturated carbocycles. The van der Waals surface area contributed by atoms with E-state index in [9.17, 15) is 24.9 Å². The van der Waals surface area contributed by atoms with Gasteiger partial charge in [0.25, 0.3) is 0 Å². The number of carboxylic acids is 1. The third kappa shape index (κ3) is 2.74. The summed E-state index contributed by atoms with van der Waals surface area (Å²) in [6.45, 7) is 0. The number of hydrogen-bond acceptors (Lipinski definition) is 4. The number of phenolic OH excluding ortho intramolecular Hbond substituents is 1. The van der Waals surface area contributed by atoms with Gasteiger partial charge in [-0.3, -0.25) is 4.79 Å². The summed E-state index contributed by atoms with van der Waals surface area (Å²) < 4.78 is 0. The predicted molar refractivity (Wildman–Crippen MR) is 106 cm³/mol. The molecule has 0 aliphatic rings. The zero-order valence-corrected chi connectivity index (χ0v) is 14.7. The first kappa shape index (κ1) is 17.5. The van der Waals surface area contributed by atoms with Crippen LogP contribution in [0.25, 0.3) is 21.5 Å². The summed E-state index contributed by atoms with van der Waals surface area (Å²) in [5.74, 6) is -1.75. The molecule has 0 heterocycles. The van der Waals surface area contributed by atoms with Crippen molar-refractivity contribution in [3.63, 3.8) is 0 Å². The van der Waals surface area contributed by atoms with Crippen LogP contribution in [0.2, 0.25) is 0 Å². The molecule has 0 radical (unpaired) electrons. The summed E-state index contributed by atoms with van der Waals surface area (Å²) in [7, 11) is 0. The molecule has 0 aromatic heterocycles. The van der Waals surface area contributed by atoms with Crippen LogP contribution in [0, 0.1) is 0 Å². The van der Waals surface area contributed by atoms with Crippen LogP contribution in [0.5, 0.6) is 11.5 Å². The summed E-state index contributed by atoms with van der Waals surface area (Å²) >= 11 is 0. The van der Waals surface area contributed by atoms with Crippen LogP contribution in [0.15, 0.2) is 60.7 Å². The minimum Gasteiger partial charge on any atom is -0.507 e. The maximum Gasteiger partial charge on any atom is 0.339 e. The summed E-state index contributed by atoms with van der Waals surface area (Å²) in [5, 5.41) is 33.7. The van der Waals surface area contributed by atoms with Crippen molar-refractivity contribution in [2.45, 2.75) is 6.42 Å². The fourth-order valence-corrected chi connectivity index (χ4v) is 3.63. The fourth-order valence-electron chi connectivity index (χ4n) is 3.63. The standard InChI is InChI=1S/C23H16O5/c24-12-15-9-13-5-1-3-7-16(13)18(21(15)25)11-19-17-8-4-2-6-14(17)10-20(22(19)26)23(27)28/h1-10,12,25-26H,11H2,(H,27,28). The quantitative estimate of drug-likeness (QED) is 0.458. The third-order valence-electron chi connectivity index (χ3n) is 4.99. The predicted octanol–water partition coefficient (Wildman–Crippen LogP) is 4.51. The van der Waals surface area contributed by atoms with E-state index in [-0.39, 0.29) is 29.0 Å². The molecule has 4 aromatic carbocycles. The van der Waals surface area contributed by atoms with Gasteiger partial charge in [-0.1, -0.05) is 48.5 Å². The maximum atomic E-state index is 11.6. The van der Waals surface area contributed by atoms with E-state index in [4.69, 9.17) is 0 Å². The molecule has 3 N–H and O–H groups in total. The van der Waals surface area contributed by atoms with Crippen molar-refractivity contribution in [3.8, 4) is 11.5 Å². The van der Waals surface area contributed by atoms with Gasteiger partial charge < -0.3 is 15.3 Å². The van der Waals surface area contributed by atoms with Gasteiger partial charge in [0.05, 0.1) is 5.56 Å². The lowest BCUT2D eigenvalue weighted by Gasteiger charge is -2.15. The Morgan fingerprint density at radius 2 is 1.36 bits per heavy atom. The van der Waals surface area contributed by atoms with Crippen LogP contribution in [0.3, 0.4) is 0 Å². The third-order valence-corrected chi connectivity index (χ3v) is 4.99. The Morgan fingerprint density at radius 3 is 1.93 bits per heavy atom. The second-order valence-electron chi connectivity index (χ2n) is 6.59. The van der Waals surface area contributed by atoms with Crippen LogP contribution < -0.4 is 0 Å². The number of carbonyl (C=O) groups is 2. The summed E-state index contributed by atoms with van der Waals surface area (Å²) in [6, 6.07) is 17.5. The number of carboxylic acid groups (broad SMARTS) is 1. The molecule has 0 amide bonds. The van der Waals surface area contributed by atoms with Crippen molar-refractivity contribution in [1.82, 2.24) is 0 Å². The monoisotopic (exact) mass is 372 g/mol. The van der Waals surface area contributed by atoms with Crippen molar-refractivity contribution >= 4 is 33.8 Å². The average molecular weight is 372 g/mol. The topological polar surface area (TPSA) is 94.8 Å². The van der Waals surface area contributed by atoms with E-state index in [1.165, 1.54) is 6.07 Å². The lowest BCUT2D eigenvalue weighted by atomic mass is 9.90. The smallest absolute Gasteiger partial charge is 0.339 e. The lowest BCUT2D eigenvalue weighted by Crippen LogP contribution is -2.02. The lowest BCUT2D eigenvalue weighted by molar-refractivity contribution is 0.0693. The number of rotatable bonds is 4. The van der Waals surface area contributed by atoms with E-state index in [1.807, 2.05) is 24.3 Å². The molecule has 0 bridgehead atoms. The maximum absolute atomic E-state index is 11.6. The molecule has 0 aliphatic carbocycles. The molecule has 0 aliphatic heterocycles. The molecule has 0 saturated heterocycles. The second-order valence-corrected chi connectivity index (χ2v) is 6.59. The highest BCUT2D eigenvalue weighted by Gasteiger charge is 2.20. The van der Waals surface area contributed by atoms with Crippen LogP contribution in [0.1, 0.15) is 31.8 Å². The molecule has 4 aromatic rings. The number of carbonyl (C=O) groups excluding carboxylic acids is 1. The van der Waals surface area contributed by atoms with Crippen LogP contribution in [0.4, 0.5) is 0 Å². The highest BCUT2D eigenvalue weighted by molar-refractivity contribution is 6.01. The Kier molecular flexibility index (Phi) is 4.20. The minimum atomic E-state index is -1.24. The molecule has 0 fully saturated rings. The van der Waals surface area contributed by atoms with Gasteiger partial charge in [-0.15, -0.1) is 0 Å². The summed E-state index contributed by atoms with van der Waals surface area (Å²) in [6.07, 6.45) is 0.651. The van der Waals surface area contributed by atoms with Crippen LogP contribution in [-0.4, -0.2) is 27.6 Å². The van der Waals surface area contributed by atoms with E-state index in [2.05, 4.69) is 0 Å². The van der Waals surface area contributed by atoms with Gasteiger partial charge in [-0.05, 0) is 33.7 Å². The Morgan fingerprint density at radius 1 is 0.821 bits per heavy atom. The van der Waals surface area contributed by atoms with Crippen molar-refractivity contribution in [1.29, 1.82) is 0 Å². The largest absolute Gasteiger partial charge is 0.507 e. The number of benzene rings is 4. The fraction of sp³-hybridized carbons (Fsp3) is 0.0435. The summed E-state index contributed by atoms with van der Waals surface area (Å²) in [4.78, 5) is 23.0. The van der Waals surface area contributed by atoms with Crippen molar-refractivity contribution in [2.75, 3.05) is 0 Å². The number of phenols is 2. The Bertz CT molecular complexity index is 1260. The molecule has 5 nitrogen and oxygen atoms in total. The molecular weight excluding hydrogens is 356 g/mol. The van der Waals surface area contributed by atoms with Gasteiger partial charge in [0.2, 0.25) is 0 Å². The van der Waals surface area contributed by atoms with E-state index < -0.39 is 5.97 Å². The molecule has 138 valence electrons. The first-order valence-corrected chi connectivity index (χ1v) is 8.67. The number of aromatic hydroxyl groups is 2. The zero-order valence-electron chi connectivity index (χ0n) is 14.7. The minimum absolute atomic E-state index is 0.0709. The molecule has 4 rings (SSSR count). The van der Waals surface area contributed by atoms with Crippen molar-refractivity contribution in [3.05, 3.63) is 82.9 Å². The molecule has 0 atom stereocenters. The number of aromatic carboxylic acids is 1. The molecule has 5 heteroatoms. The molecule has 0 spiro atoms. The SMILES string of the molecule is O=Cc1cc2ccccc2c(Cc2c(O)c(C(=O)O)cc3ccccc23)c1O. The first-order chi connectivity index (χ1) is 13.5. The van der Waals surface area contributed by atoms with Crippen molar-refractivity contribution < 1.29 is 24.9 Å². The second kappa shape index (κ2) is 6.70. The highest BCUT2D eigenvalue weighted by atomic mass is 16.4. The number of hydrogen-bond donors (Lipinski definition) is 3. The van der Waals surface area contributed by atoms with Gasteiger partial charge in [0.15, 0.2) is 6.29 Å². The summed E-state index contributed by atoms with van der Waals surface area (Å²) in [5.41, 5.74) is 0.790. The normalized spacial score (nSPS) is 11.0. The van der Waals surface area contributed by atoms with Gasteiger partial charge in [-0.25, -0.2) is 4.79 Å².